The highest BCUT2D eigenvalue weighted by molar-refractivity contribution is 6.31. The predicted molar refractivity (Wildman–Crippen MR) is 77.8 cm³/mol. The van der Waals surface area contributed by atoms with Crippen molar-refractivity contribution in [2.24, 2.45) is 0 Å². The summed E-state index contributed by atoms with van der Waals surface area (Å²) in [6.45, 7) is 1.82. The number of hydrogen-bond donors (Lipinski definition) is 0. The number of carbonyl (C=O) groups is 2. The van der Waals surface area contributed by atoms with Crippen molar-refractivity contribution in [2.45, 2.75) is 31.7 Å². The van der Waals surface area contributed by atoms with Crippen LogP contribution in [0.15, 0.2) is 24.3 Å². The molecular formula is C15H17ClN2O2. The van der Waals surface area contributed by atoms with Crippen molar-refractivity contribution in [1.29, 1.82) is 0 Å². The summed E-state index contributed by atoms with van der Waals surface area (Å²) in [4.78, 5) is 28.2. The van der Waals surface area contributed by atoms with Crippen molar-refractivity contribution in [1.82, 2.24) is 4.90 Å². The third-order valence-electron chi connectivity index (χ3n) is 4.02. The molecule has 1 atom stereocenters. The molecular weight excluding hydrogens is 276 g/mol. The third kappa shape index (κ3) is 2.45. The molecule has 0 N–H and O–H groups in total. The lowest BCUT2D eigenvalue weighted by Gasteiger charge is -2.30. The van der Waals surface area contributed by atoms with E-state index in [2.05, 4.69) is 4.90 Å². The zero-order valence-corrected chi connectivity index (χ0v) is 12.0. The van der Waals surface area contributed by atoms with Crippen molar-refractivity contribution in [2.75, 3.05) is 18.0 Å². The lowest BCUT2D eigenvalue weighted by atomic mass is 10.1. The van der Waals surface area contributed by atoms with Gasteiger partial charge in [-0.3, -0.25) is 14.5 Å². The Balaban J connectivity index is 1.83. The number of rotatable bonds is 2. The van der Waals surface area contributed by atoms with Crippen LogP contribution in [-0.4, -0.2) is 35.8 Å². The molecule has 0 bridgehead atoms. The summed E-state index contributed by atoms with van der Waals surface area (Å²) in [5, 5.41) is 0.532. The van der Waals surface area contributed by atoms with Crippen molar-refractivity contribution < 1.29 is 9.59 Å². The molecule has 5 heteroatoms. The van der Waals surface area contributed by atoms with Gasteiger partial charge in [-0.2, -0.15) is 0 Å². The standard InChI is InChI=1S/C15H17ClN2O2/c16-11-5-4-6-12(9-11)18-14(19)10-13(15(18)20)17-7-2-1-3-8-17/h4-6,9,13H,1-3,7-8,10H2. The summed E-state index contributed by atoms with van der Waals surface area (Å²) in [7, 11) is 0. The topological polar surface area (TPSA) is 40.6 Å². The first kappa shape index (κ1) is 13.6. The minimum Gasteiger partial charge on any atom is -0.292 e. The molecule has 2 saturated heterocycles. The summed E-state index contributed by atoms with van der Waals surface area (Å²) in [6, 6.07) is 6.61. The average molecular weight is 293 g/mol. The fourth-order valence-electron chi connectivity index (χ4n) is 3.02. The van der Waals surface area contributed by atoms with Crippen LogP contribution >= 0.6 is 11.6 Å². The molecule has 2 heterocycles. The normalized spacial score (nSPS) is 24.4. The number of nitrogens with zero attached hydrogens (tertiary/aromatic N) is 2. The van der Waals surface area contributed by atoms with E-state index < -0.39 is 0 Å². The van der Waals surface area contributed by atoms with Gasteiger partial charge in [0.25, 0.3) is 5.91 Å². The molecule has 0 spiro atoms. The van der Waals surface area contributed by atoms with Gasteiger partial charge in [0.15, 0.2) is 0 Å². The lowest BCUT2D eigenvalue weighted by Crippen LogP contribution is -2.44. The Morgan fingerprint density at radius 1 is 1.10 bits per heavy atom. The van der Waals surface area contributed by atoms with E-state index >= 15 is 0 Å². The van der Waals surface area contributed by atoms with Crippen LogP contribution in [-0.2, 0) is 9.59 Å². The van der Waals surface area contributed by atoms with Crippen LogP contribution in [0.1, 0.15) is 25.7 Å². The number of piperidine rings is 1. The van der Waals surface area contributed by atoms with Gasteiger partial charge in [0.05, 0.1) is 18.2 Å². The maximum absolute atomic E-state index is 12.5. The van der Waals surface area contributed by atoms with Crippen LogP contribution in [0.4, 0.5) is 5.69 Å². The van der Waals surface area contributed by atoms with Crippen molar-refractivity contribution >= 4 is 29.1 Å². The predicted octanol–water partition coefficient (Wildman–Crippen LogP) is 2.46. The molecule has 106 valence electrons. The molecule has 1 aromatic rings. The lowest BCUT2D eigenvalue weighted by molar-refractivity contribution is -0.123. The number of imide groups is 1. The van der Waals surface area contributed by atoms with Crippen LogP contribution in [0.5, 0.6) is 0 Å². The van der Waals surface area contributed by atoms with E-state index in [0.717, 1.165) is 25.9 Å². The van der Waals surface area contributed by atoms with Gasteiger partial charge in [-0.1, -0.05) is 24.1 Å². The van der Waals surface area contributed by atoms with Gasteiger partial charge in [-0.05, 0) is 44.1 Å². The van der Waals surface area contributed by atoms with Gasteiger partial charge in [-0.25, -0.2) is 4.90 Å². The highest BCUT2D eigenvalue weighted by Gasteiger charge is 2.42. The number of anilines is 1. The van der Waals surface area contributed by atoms with E-state index in [4.69, 9.17) is 11.6 Å². The van der Waals surface area contributed by atoms with Gasteiger partial charge in [0.1, 0.15) is 0 Å². The van der Waals surface area contributed by atoms with E-state index in [9.17, 15) is 9.59 Å². The molecule has 2 amide bonds. The minimum absolute atomic E-state index is 0.112. The Hall–Kier alpha value is -1.39. The summed E-state index contributed by atoms with van der Waals surface area (Å²) >= 11 is 5.94. The zero-order valence-electron chi connectivity index (χ0n) is 11.2. The monoisotopic (exact) mass is 292 g/mol. The first-order valence-corrected chi connectivity index (χ1v) is 7.41. The van der Waals surface area contributed by atoms with Gasteiger partial charge >= 0.3 is 0 Å². The highest BCUT2D eigenvalue weighted by atomic mass is 35.5. The Labute approximate surface area is 123 Å². The second-order valence-electron chi connectivity index (χ2n) is 5.36. The number of carbonyl (C=O) groups excluding carboxylic acids is 2. The molecule has 0 aromatic heterocycles. The quantitative estimate of drug-likeness (QED) is 0.786. The zero-order chi connectivity index (χ0) is 14.1. The summed E-state index contributed by atoms with van der Waals surface area (Å²) in [5.41, 5.74) is 0.576. The van der Waals surface area contributed by atoms with Crippen LogP contribution < -0.4 is 4.90 Å². The third-order valence-corrected chi connectivity index (χ3v) is 4.26. The molecule has 0 radical (unpaired) electrons. The number of likely N-dealkylation sites (tertiary alicyclic amines) is 1. The van der Waals surface area contributed by atoms with E-state index in [0.29, 0.717) is 10.7 Å². The van der Waals surface area contributed by atoms with Crippen molar-refractivity contribution in [3.05, 3.63) is 29.3 Å². The highest BCUT2D eigenvalue weighted by Crippen LogP contribution is 2.28. The van der Waals surface area contributed by atoms with Crippen molar-refractivity contribution in [3.8, 4) is 0 Å². The number of hydrogen-bond acceptors (Lipinski definition) is 3. The number of amides is 2. The second-order valence-corrected chi connectivity index (χ2v) is 5.80. The molecule has 1 aromatic carbocycles. The van der Waals surface area contributed by atoms with Crippen LogP contribution in [0.3, 0.4) is 0 Å². The van der Waals surface area contributed by atoms with Gasteiger partial charge in [0, 0.05) is 5.02 Å². The molecule has 3 rings (SSSR count). The Bertz CT molecular complexity index is 540. The summed E-state index contributed by atoms with van der Waals surface area (Å²) in [6.07, 6.45) is 3.71. The molecule has 2 aliphatic heterocycles. The fraction of sp³-hybridized carbons (Fsp3) is 0.467. The van der Waals surface area contributed by atoms with E-state index in [1.807, 2.05) is 0 Å². The van der Waals surface area contributed by atoms with Gasteiger partial charge < -0.3 is 0 Å². The average Bonchev–Trinajstić information content (AvgIpc) is 2.75. The largest absolute Gasteiger partial charge is 0.292 e. The minimum atomic E-state index is -0.290. The molecule has 0 aliphatic carbocycles. The fourth-order valence-corrected chi connectivity index (χ4v) is 3.20. The van der Waals surface area contributed by atoms with Gasteiger partial charge in [-0.15, -0.1) is 0 Å². The molecule has 2 fully saturated rings. The van der Waals surface area contributed by atoms with Crippen LogP contribution in [0.2, 0.25) is 5.02 Å². The molecule has 20 heavy (non-hydrogen) atoms. The molecule has 4 nitrogen and oxygen atoms in total. The maximum atomic E-state index is 12.5. The van der Waals surface area contributed by atoms with Crippen LogP contribution in [0, 0.1) is 0 Å². The molecule has 2 aliphatic rings. The molecule has 0 saturated carbocycles. The maximum Gasteiger partial charge on any atom is 0.251 e. The summed E-state index contributed by atoms with van der Waals surface area (Å²) < 4.78 is 0. The Kier molecular flexibility index (Phi) is 3.76. The van der Waals surface area contributed by atoms with Crippen molar-refractivity contribution in [3.63, 3.8) is 0 Å². The Morgan fingerprint density at radius 3 is 2.55 bits per heavy atom. The second kappa shape index (κ2) is 5.54. The van der Waals surface area contributed by atoms with E-state index in [-0.39, 0.29) is 24.3 Å². The van der Waals surface area contributed by atoms with E-state index in [1.54, 1.807) is 24.3 Å². The summed E-state index contributed by atoms with van der Waals surface area (Å²) in [5.74, 6) is -0.244. The number of halogens is 1. The van der Waals surface area contributed by atoms with Gasteiger partial charge in [0.2, 0.25) is 5.91 Å². The van der Waals surface area contributed by atoms with E-state index in [1.165, 1.54) is 11.3 Å². The first-order valence-electron chi connectivity index (χ1n) is 7.03. The SMILES string of the molecule is O=C1CC(N2CCCCC2)C(=O)N1c1cccc(Cl)c1. The number of benzene rings is 1. The molecule has 1 unspecified atom stereocenters. The first-order chi connectivity index (χ1) is 9.66. The smallest absolute Gasteiger partial charge is 0.251 e. The van der Waals surface area contributed by atoms with Crippen LogP contribution in [0.25, 0.3) is 0 Å². The Morgan fingerprint density at radius 2 is 1.85 bits per heavy atom.